The molecule has 4 rings (SSSR count). The van der Waals surface area contributed by atoms with Crippen LogP contribution in [0.3, 0.4) is 0 Å². The van der Waals surface area contributed by atoms with Crippen molar-refractivity contribution in [2.75, 3.05) is 6.54 Å². The second-order valence-electron chi connectivity index (χ2n) is 5.71. The first-order valence-electron chi connectivity index (χ1n) is 7.55. The van der Waals surface area contributed by atoms with Crippen molar-refractivity contribution in [3.05, 3.63) is 62.8 Å². The fraction of sp³-hybridized carbons (Fsp3) is 0.294. The number of likely N-dealkylation sites (tertiary alicyclic amines) is 1. The zero-order chi connectivity index (χ0) is 14.9. The van der Waals surface area contributed by atoms with E-state index in [1.807, 2.05) is 24.3 Å². The number of aromatic nitrogens is 2. The van der Waals surface area contributed by atoms with Crippen LogP contribution in [0, 0.1) is 0 Å². The second kappa shape index (κ2) is 5.66. The molecule has 0 saturated carbocycles. The lowest BCUT2D eigenvalue weighted by Gasteiger charge is -2.23. The average molecular weight is 311 g/mol. The number of hydrogen-bond acceptors (Lipinski definition) is 4. The van der Waals surface area contributed by atoms with Crippen molar-refractivity contribution in [2.24, 2.45) is 0 Å². The van der Waals surface area contributed by atoms with E-state index in [4.69, 9.17) is 0 Å². The summed E-state index contributed by atoms with van der Waals surface area (Å²) in [4.78, 5) is 22.1. The highest BCUT2D eigenvalue weighted by Gasteiger charge is 2.26. The summed E-state index contributed by atoms with van der Waals surface area (Å²) in [6, 6.07) is 10.1. The molecule has 22 heavy (non-hydrogen) atoms. The second-order valence-corrected chi connectivity index (χ2v) is 6.49. The maximum absolute atomic E-state index is 12.2. The van der Waals surface area contributed by atoms with E-state index >= 15 is 0 Å². The highest BCUT2D eigenvalue weighted by atomic mass is 32.1. The van der Waals surface area contributed by atoms with Gasteiger partial charge in [-0.3, -0.25) is 9.69 Å². The summed E-state index contributed by atoms with van der Waals surface area (Å²) in [5, 5.41) is 5.00. The largest absolute Gasteiger partial charge is 0.309 e. The van der Waals surface area contributed by atoms with Crippen molar-refractivity contribution < 1.29 is 0 Å². The Morgan fingerprint density at radius 1 is 1.32 bits per heavy atom. The Morgan fingerprint density at radius 2 is 2.23 bits per heavy atom. The third-order valence-corrected chi connectivity index (χ3v) is 5.01. The van der Waals surface area contributed by atoms with Crippen LogP contribution in [0.2, 0.25) is 0 Å². The van der Waals surface area contributed by atoms with Crippen LogP contribution < -0.4 is 5.56 Å². The van der Waals surface area contributed by atoms with E-state index < -0.39 is 0 Å². The van der Waals surface area contributed by atoms with Gasteiger partial charge in [0.05, 0.1) is 17.4 Å². The number of para-hydroxylation sites is 1. The van der Waals surface area contributed by atoms with E-state index in [-0.39, 0.29) is 5.56 Å². The maximum Gasteiger partial charge on any atom is 0.258 e. The minimum absolute atomic E-state index is 0.0492. The van der Waals surface area contributed by atoms with Crippen molar-refractivity contribution in [3.63, 3.8) is 0 Å². The molecule has 3 aromatic rings. The molecule has 0 amide bonds. The lowest BCUT2D eigenvalue weighted by atomic mass is 10.1. The third-order valence-electron chi connectivity index (χ3n) is 4.31. The van der Waals surface area contributed by atoms with Gasteiger partial charge in [0.25, 0.3) is 5.56 Å². The van der Waals surface area contributed by atoms with Gasteiger partial charge in [-0.2, -0.15) is 11.3 Å². The molecule has 1 N–H and O–H groups in total. The molecule has 1 aliphatic heterocycles. The molecule has 1 aliphatic rings. The van der Waals surface area contributed by atoms with Crippen LogP contribution in [0.5, 0.6) is 0 Å². The van der Waals surface area contributed by atoms with Crippen LogP contribution in [-0.2, 0) is 6.54 Å². The molecular weight excluding hydrogens is 294 g/mol. The molecule has 1 saturated heterocycles. The summed E-state index contributed by atoms with van der Waals surface area (Å²) < 4.78 is 0. The lowest BCUT2D eigenvalue weighted by Crippen LogP contribution is -2.25. The first-order valence-corrected chi connectivity index (χ1v) is 8.49. The number of aromatic amines is 1. The van der Waals surface area contributed by atoms with Gasteiger partial charge in [-0.05, 0) is 53.9 Å². The van der Waals surface area contributed by atoms with E-state index in [0.717, 1.165) is 17.9 Å². The molecule has 1 fully saturated rings. The van der Waals surface area contributed by atoms with Crippen molar-refractivity contribution in [1.82, 2.24) is 14.9 Å². The van der Waals surface area contributed by atoms with Crippen LogP contribution in [0.1, 0.15) is 30.3 Å². The van der Waals surface area contributed by atoms with Crippen molar-refractivity contribution in [2.45, 2.75) is 25.4 Å². The van der Waals surface area contributed by atoms with Gasteiger partial charge >= 0.3 is 0 Å². The van der Waals surface area contributed by atoms with Gasteiger partial charge in [-0.15, -0.1) is 0 Å². The Kier molecular flexibility index (Phi) is 3.52. The molecule has 1 aromatic carbocycles. The molecule has 5 heteroatoms. The van der Waals surface area contributed by atoms with Gasteiger partial charge in [-0.1, -0.05) is 12.1 Å². The number of rotatable bonds is 3. The van der Waals surface area contributed by atoms with Crippen LogP contribution in [0.15, 0.2) is 45.9 Å². The summed E-state index contributed by atoms with van der Waals surface area (Å²) >= 11 is 1.74. The summed E-state index contributed by atoms with van der Waals surface area (Å²) in [7, 11) is 0. The van der Waals surface area contributed by atoms with Gasteiger partial charge in [-0.25, -0.2) is 4.98 Å². The summed E-state index contributed by atoms with van der Waals surface area (Å²) in [5.41, 5.74) is 2.10. The molecule has 0 radical (unpaired) electrons. The first-order chi connectivity index (χ1) is 10.8. The number of nitrogens with one attached hydrogen (secondary N) is 1. The summed E-state index contributed by atoms with van der Waals surface area (Å²) in [6.45, 7) is 1.75. The zero-order valence-electron chi connectivity index (χ0n) is 12.2. The predicted molar refractivity (Wildman–Crippen MR) is 89.1 cm³/mol. The number of thiophene rings is 1. The Hall–Kier alpha value is -1.98. The van der Waals surface area contributed by atoms with Gasteiger partial charge in [0, 0.05) is 6.04 Å². The fourth-order valence-electron chi connectivity index (χ4n) is 3.26. The summed E-state index contributed by atoms with van der Waals surface area (Å²) in [6.07, 6.45) is 2.37. The van der Waals surface area contributed by atoms with Gasteiger partial charge in [0.15, 0.2) is 0 Å². The van der Waals surface area contributed by atoms with Crippen LogP contribution in [-0.4, -0.2) is 21.4 Å². The molecular formula is C17H17N3OS. The molecule has 3 heterocycles. The molecule has 4 nitrogen and oxygen atoms in total. The third kappa shape index (κ3) is 2.46. The topological polar surface area (TPSA) is 49.0 Å². The van der Waals surface area contributed by atoms with E-state index in [0.29, 0.717) is 18.0 Å². The van der Waals surface area contributed by atoms with Crippen molar-refractivity contribution in [3.8, 4) is 0 Å². The number of H-pyrrole nitrogens is 1. The zero-order valence-corrected chi connectivity index (χ0v) is 13.0. The average Bonchev–Trinajstić information content (AvgIpc) is 3.18. The van der Waals surface area contributed by atoms with E-state index in [1.54, 1.807) is 11.3 Å². The number of fused-ring (bicyclic) bond motifs is 1. The quantitative estimate of drug-likeness (QED) is 0.807. The minimum Gasteiger partial charge on any atom is -0.309 e. The van der Waals surface area contributed by atoms with Crippen LogP contribution in [0.4, 0.5) is 0 Å². The maximum atomic E-state index is 12.2. The highest BCUT2D eigenvalue weighted by Crippen LogP contribution is 2.33. The molecule has 1 unspecified atom stereocenters. The Balaban J connectivity index is 1.64. The van der Waals surface area contributed by atoms with Crippen LogP contribution >= 0.6 is 11.3 Å². The van der Waals surface area contributed by atoms with E-state index in [1.165, 1.54) is 18.4 Å². The van der Waals surface area contributed by atoms with E-state index in [2.05, 4.69) is 31.7 Å². The number of hydrogen-bond donors (Lipinski definition) is 1. The molecule has 112 valence electrons. The Bertz CT molecular complexity index is 840. The SMILES string of the molecule is O=c1[nH]c(CN2CCCC2c2ccsc2)nc2ccccc12. The molecule has 0 aliphatic carbocycles. The Labute approximate surface area is 132 Å². The molecule has 2 aromatic heterocycles. The molecule has 0 spiro atoms. The van der Waals surface area contributed by atoms with Crippen molar-refractivity contribution >= 4 is 22.2 Å². The predicted octanol–water partition coefficient (Wildman–Crippen LogP) is 3.32. The number of benzene rings is 1. The van der Waals surface area contributed by atoms with Gasteiger partial charge < -0.3 is 4.98 Å². The normalized spacial score (nSPS) is 19.0. The van der Waals surface area contributed by atoms with Crippen LogP contribution in [0.25, 0.3) is 10.9 Å². The summed E-state index contributed by atoms with van der Waals surface area (Å²) in [5.74, 6) is 0.755. The lowest BCUT2D eigenvalue weighted by molar-refractivity contribution is 0.243. The van der Waals surface area contributed by atoms with E-state index in [9.17, 15) is 4.79 Å². The first kappa shape index (κ1) is 13.7. The standard InChI is InChI=1S/C17H17N3OS/c21-17-13-4-1-2-5-14(13)18-16(19-17)10-20-8-3-6-15(20)12-7-9-22-11-12/h1-2,4-5,7,9,11,15H,3,6,8,10H2,(H,18,19,21). The molecule has 1 atom stereocenters. The van der Waals surface area contributed by atoms with Gasteiger partial charge in [0.2, 0.25) is 0 Å². The monoisotopic (exact) mass is 311 g/mol. The smallest absolute Gasteiger partial charge is 0.258 e. The minimum atomic E-state index is -0.0492. The highest BCUT2D eigenvalue weighted by molar-refractivity contribution is 7.07. The number of nitrogens with zero attached hydrogens (tertiary/aromatic N) is 2. The fourth-order valence-corrected chi connectivity index (χ4v) is 3.97. The van der Waals surface area contributed by atoms with Gasteiger partial charge in [0.1, 0.15) is 5.82 Å². The molecule has 0 bridgehead atoms. The van der Waals surface area contributed by atoms with Crippen molar-refractivity contribution in [1.29, 1.82) is 0 Å². The Morgan fingerprint density at radius 3 is 3.09 bits per heavy atom.